The third-order valence-corrected chi connectivity index (χ3v) is 12.5. The van der Waals surface area contributed by atoms with E-state index >= 15 is 0 Å². The number of amides is 5. The van der Waals surface area contributed by atoms with Crippen molar-refractivity contribution in [3.63, 3.8) is 0 Å². The van der Waals surface area contributed by atoms with Crippen LogP contribution in [0.3, 0.4) is 0 Å². The van der Waals surface area contributed by atoms with Gasteiger partial charge < -0.3 is 26.2 Å². The third kappa shape index (κ3) is 10.1. The molecule has 0 bridgehead atoms. The maximum Gasteiger partial charge on any atom is 0.315 e. The van der Waals surface area contributed by atoms with Crippen LogP contribution in [-0.2, 0) is 29.0 Å². The van der Waals surface area contributed by atoms with Crippen molar-refractivity contribution in [2.24, 2.45) is 11.8 Å². The number of ketones is 1. The predicted octanol–water partition coefficient (Wildman–Crippen LogP) is 2.77. The average Bonchev–Trinajstić information content (AvgIpc) is 3.65. The van der Waals surface area contributed by atoms with Gasteiger partial charge in [-0.2, -0.15) is 0 Å². The lowest BCUT2D eigenvalue weighted by Gasteiger charge is -2.39. The maximum absolute atomic E-state index is 13.7. The number of alkyl halides is 2. The van der Waals surface area contributed by atoms with Gasteiger partial charge in [-0.1, -0.05) is 38.2 Å². The van der Waals surface area contributed by atoms with Crippen molar-refractivity contribution in [1.29, 1.82) is 0 Å². The van der Waals surface area contributed by atoms with Crippen molar-refractivity contribution in [3.05, 3.63) is 12.7 Å². The van der Waals surface area contributed by atoms with Crippen LogP contribution in [0.15, 0.2) is 12.7 Å². The molecule has 0 aromatic carbocycles. The average molecular weight is 707 g/mol. The van der Waals surface area contributed by atoms with E-state index in [-0.39, 0.29) is 37.6 Å². The zero-order chi connectivity index (χ0) is 34.5. The number of sulfone groups is 1. The SMILES string of the molecule is C=CCNC(=O)C(=O)C(CC1CC1)NC(=O)C1C(C(C)(Cl)Cl)CCN1C(=O)CNC(=O)NC1(CS(=O)(=O)C(C)(C)C)CCCCC1. The van der Waals surface area contributed by atoms with Gasteiger partial charge in [0.2, 0.25) is 17.6 Å². The summed E-state index contributed by atoms with van der Waals surface area (Å²) >= 11 is 12.9. The second kappa shape index (κ2) is 15.2. The van der Waals surface area contributed by atoms with Gasteiger partial charge in [0.1, 0.15) is 10.4 Å². The number of nitrogens with one attached hydrogen (secondary N) is 4. The van der Waals surface area contributed by atoms with Crippen molar-refractivity contribution >= 4 is 62.6 Å². The molecule has 3 fully saturated rings. The standard InChI is InChI=1S/C31H49Cl2N5O7S/c1-6-15-34-27(42)25(40)22(17-20-10-11-20)36-26(41)24-21(30(5,32)33)12-16-38(24)23(39)18-35-28(43)37-31(13-8-7-9-14-31)19-46(44,45)29(2,3)4/h6,20-22,24H,1,7-19H2,2-5H3,(H,34,42)(H,36,41)(H2,35,37,43). The predicted molar refractivity (Wildman–Crippen MR) is 177 cm³/mol. The molecule has 1 saturated heterocycles. The second-order valence-corrected chi connectivity index (χ2v) is 18.5. The lowest BCUT2D eigenvalue weighted by atomic mass is 9.83. The molecule has 46 heavy (non-hydrogen) atoms. The number of urea groups is 1. The normalized spacial score (nSPS) is 22.3. The van der Waals surface area contributed by atoms with E-state index in [4.69, 9.17) is 23.2 Å². The Balaban J connectivity index is 1.72. The highest BCUT2D eigenvalue weighted by Crippen LogP contribution is 2.41. The monoisotopic (exact) mass is 705 g/mol. The highest BCUT2D eigenvalue weighted by molar-refractivity contribution is 7.92. The molecule has 3 rings (SSSR count). The summed E-state index contributed by atoms with van der Waals surface area (Å²) in [6, 6.07) is -2.94. The first-order valence-electron chi connectivity index (χ1n) is 16.0. The van der Waals surface area contributed by atoms with E-state index < -0.39 is 78.5 Å². The number of carbonyl (C=O) groups is 5. The highest BCUT2D eigenvalue weighted by atomic mass is 35.5. The largest absolute Gasteiger partial charge is 0.346 e. The molecular formula is C31H49Cl2N5O7S. The van der Waals surface area contributed by atoms with Crippen LogP contribution in [0.1, 0.15) is 85.5 Å². The Hall–Kier alpha value is -2.38. The Morgan fingerprint density at radius 1 is 1.00 bits per heavy atom. The van der Waals surface area contributed by atoms with Crippen LogP contribution in [0.25, 0.3) is 0 Å². The van der Waals surface area contributed by atoms with Crippen molar-refractivity contribution in [1.82, 2.24) is 26.2 Å². The van der Waals surface area contributed by atoms with Gasteiger partial charge in [0.25, 0.3) is 5.91 Å². The van der Waals surface area contributed by atoms with E-state index in [1.165, 1.54) is 17.9 Å². The molecule has 3 atom stereocenters. The minimum absolute atomic E-state index is 0.0899. The number of halogens is 2. The van der Waals surface area contributed by atoms with Gasteiger partial charge in [0, 0.05) is 19.0 Å². The van der Waals surface area contributed by atoms with E-state index in [0.29, 0.717) is 12.8 Å². The highest BCUT2D eigenvalue weighted by Gasteiger charge is 2.50. The van der Waals surface area contributed by atoms with Crippen LogP contribution < -0.4 is 21.3 Å². The topological polar surface area (TPSA) is 171 Å². The molecule has 4 N–H and O–H groups in total. The molecule has 3 aliphatic rings. The Bertz CT molecular complexity index is 1280. The Labute approximate surface area is 282 Å². The molecule has 3 unspecified atom stereocenters. The molecule has 2 saturated carbocycles. The first kappa shape index (κ1) is 38.1. The lowest BCUT2D eigenvalue weighted by molar-refractivity contribution is -0.142. The van der Waals surface area contributed by atoms with Crippen molar-refractivity contribution in [2.75, 3.05) is 25.4 Å². The summed E-state index contributed by atoms with van der Waals surface area (Å²) in [5, 5.41) is 10.5. The first-order valence-corrected chi connectivity index (χ1v) is 18.4. The fourth-order valence-corrected chi connectivity index (χ4v) is 8.15. The maximum atomic E-state index is 13.7. The molecule has 0 aromatic rings. The van der Waals surface area contributed by atoms with Crippen molar-refractivity contribution in [2.45, 2.75) is 112 Å². The van der Waals surface area contributed by atoms with E-state index in [9.17, 15) is 32.4 Å². The molecule has 0 aromatic heterocycles. The van der Waals surface area contributed by atoms with Crippen LogP contribution in [0.2, 0.25) is 0 Å². The summed E-state index contributed by atoms with van der Waals surface area (Å²) in [4.78, 5) is 67.0. The Kier molecular flexibility index (Phi) is 12.6. The van der Waals surface area contributed by atoms with E-state index in [1.807, 2.05) is 0 Å². The minimum atomic E-state index is -3.55. The summed E-state index contributed by atoms with van der Waals surface area (Å²) in [5.74, 6) is -3.61. The van der Waals surface area contributed by atoms with Gasteiger partial charge in [0.15, 0.2) is 9.84 Å². The fraction of sp³-hybridized carbons (Fsp3) is 0.774. The number of likely N-dealkylation sites (tertiary alicyclic amines) is 1. The summed E-state index contributed by atoms with van der Waals surface area (Å²) in [6.07, 6.45) is 7.22. The molecule has 15 heteroatoms. The summed E-state index contributed by atoms with van der Waals surface area (Å²) in [6.45, 7) is 9.66. The van der Waals surface area contributed by atoms with Crippen LogP contribution in [0, 0.1) is 11.8 Å². The molecular weight excluding hydrogens is 657 g/mol. The van der Waals surface area contributed by atoms with E-state index in [0.717, 1.165) is 32.1 Å². The summed E-state index contributed by atoms with van der Waals surface area (Å²) in [5.41, 5.74) is -0.960. The molecule has 0 spiro atoms. The smallest absolute Gasteiger partial charge is 0.315 e. The zero-order valence-electron chi connectivity index (χ0n) is 27.3. The molecule has 1 aliphatic heterocycles. The van der Waals surface area contributed by atoms with Gasteiger partial charge >= 0.3 is 6.03 Å². The number of hydrogen-bond acceptors (Lipinski definition) is 7. The van der Waals surface area contributed by atoms with Gasteiger partial charge in [-0.25, -0.2) is 13.2 Å². The summed E-state index contributed by atoms with van der Waals surface area (Å²) in [7, 11) is -3.55. The Morgan fingerprint density at radius 3 is 2.17 bits per heavy atom. The number of rotatable bonds is 14. The molecule has 2 aliphatic carbocycles. The third-order valence-electron chi connectivity index (χ3n) is 9.16. The van der Waals surface area contributed by atoms with Crippen LogP contribution in [-0.4, -0.2) is 94.9 Å². The fourth-order valence-electron chi connectivity index (χ4n) is 6.17. The molecule has 1 heterocycles. The van der Waals surface area contributed by atoms with Crippen LogP contribution in [0.5, 0.6) is 0 Å². The second-order valence-electron chi connectivity index (χ2n) is 14.0. The first-order chi connectivity index (χ1) is 21.3. The van der Waals surface area contributed by atoms with E-state index in [1.54, 1.807) is 20.8 Å². The van der Waals surface area contributed by atoms with Crippen LogP contribution in [0.4, 0.5) is 4.79 Å². The van der Waals surface area contributed by atoms with Gasteiger partial charge in [0.05, 0.1) is 28.6 Å². The quantitative estimate of drug-likeness (QED) is 0.122. The summed E-state index contributed by atoms with van der Waals surface area (Å²) < 4.78 is 23.8. The van der Waals surface area contributed by atoms with Gasteiger partial charge in [-0.15, -0.1) is 29.8 Å². The van der Waals surface area contributed by atoms with Crippen molar-refractivity contribution < 1.29 is 32.4 Å². The van der Waals surface area contributed by atoms with Gasteiger partial charge in [-0.3, -0.25) is 19.2 Å². The Morgan fingerprint density at radius 2 is 1.63 bits per heavy atom. The van der Waals surface area contributed by atoms with Gasteiger partial charge in [-0.05, 0) is 59.3 Å². The molecule has 260 valence electrons. The van der Waals surface area contributed by atoms with Crippen molar-refractivity contribution in [3.8, 4) is 0 Å². The number of Topliss-reactive ketones (excluding diaryl/α,β-unsaturated/α-hetero) is 1. The van der Waals surface area contributed by atoms with E-state index in [2.05, 4.69) is 27.8 Å². The molecule has 5 amide bonds. The molecule has 12 nitrogen and oxygen atoms in total. The molecule has 0 radical (unpaired) electrons. The van der Waals surface area contributed by atoms with Crippen LogP contribution >= 0.6 is 23.2 Å². The zero-order valence-corrected chi connectivity index (χ0v) is 29.6. The number of nitrogens with zero attached hydrogens (tertiary/aromatic N) is 1. The number of carbonyl (C=O) groups excluding carboxylic acids is 5. The lowest BCUT2D eigenvalue weighted by Crippen LogP contribution is -2.60. The minimum Gasteiger partial charge on any atom is -0.346 e. The number of hydrogen-bond donors (Lipinski definition) is 4.